The Morgan fingerprint density at radius 2 is 2.07 bits per heavy atom. The van der Waals surface area contributed by atoms with Crippen LogP contribution >= 0.6 is 11.6 Å². The van der Waals surface area contributed by atoms with Crippen LogP contribution in [0.3, 0.4) is 0 Å². The summed E-state index contributed by atoms with van der Waals surface area (Å²) in [4.78, 5) is 3.36. The van der Waals surface area contributed by atoms with Gasteiger partial charge in [-0.25, -0.2) is 0 Å². The molecule has 0 aliphatic rings. The predicted molar refractivity (Wildman–Crippen MR) is 48.2 cm³/mol. The van der Waals surface area contributed by atoms with Crippen LogP contribution in [-0.2, 0) is 6.54 Å². The van der Waals surface area contributed by atoms with Crippen LogP contribution in [0.1, 0.15) is 5.56 Å². The lowest BCUT2D eigenvalue weighted by atomic mass is 10.2. The summed E-state index contributed by atoms with van der Waals surface area (Å²) >= 11 is 5.62. The van der Waals surface area contributed by atoms with E-state index < -0.39 is 12.2 Å². The summed E-state index contributed by atoms with van der Waals surface area (Å²) in [7, 11) is 0. The van der Waals surface area contributed by atoms with Crippen LogP contribution < -0.4 is 16.2 Å². The minimum atomic E-state index is -4.85. The SMILES string of the molecule is NCc1c(Cl)cc(N)nc1OC(F)(F)F. The number of ether oxygens (including phenoxy) is 1. The molecule has 0 amide bonds. The number of hydrogen-bond donors (Lipinski definition) is 2. The second-order valence-corrected chi connectivity index (χ2v) is 2.97. The molecule has 0 spiro atoms. The zero-order valence-electron chi connectivity index (χ0n) is 7.31. The summed E-state index contributed by atoms with van der Waals surface area (Å²) < 4.78 is 39.4. The summed E-state index contributed by atoms with van der Waals surface area (Å²) in [6.45, 7) is -0.225. The van der Waals surface area contributed by atoms with E-state index in [0.29, 0.717) is 0 Å². The summed E-state index contributed by atoms with van der Waals surface area (Å²) in [6.07, 6.45) is -4.85. The highest BCUT2D eigenvalue weighted by Gasteiger charge is 2.33. The van der Waals surface area contributed by atoms with Gasteiger partial charge in [-0.1, -0.05) is 11.6 Å². The number of nitrogens with zero attached hydrogens (tertiary/aromatic N) is 1. The molecule has 0 atom stereocenters. The maximum atomic E-state index is 11.9. The zero-order chi connectivity index (χ0) is 11.6. The van der Waals surface area contributed by atoms with Gasteiger partial charge < -0.3 is 16.2 Å². The van der Waals surface area contributed by atoms with Crippen molar-refractivity contribution in [2.45, 2.75) is 12.9 Å². The first-order chi connectivity index (χ1) is 6.83. The van der Waals surface area contributed by atoms with Crippen LogP contribution in [0.15, 0.2) is 6.07 Å². The average Bonchev–Trinajstić information content (AvgIpc) is 1.99. The number of halogens is 4. The summed E-state index contributed by atoms with van der Waals surface area (Å²) in [6, 6.07) is 1.20. The van der Waals surface area contributed by atoms with E-state index in [1.165, 1.54) is 6.07 Å². The first kappa shape index (κ1) is 11.9. The van der Waals surface area contributed by atoms with Crippen LogP contribution in [0.4, 0.5) is 19.0 Å². The van der Waals surface area contributed by atoms with Crippen molar-refractivity contribution in [2.24, 2.45) is 5.73 Å². The minimum Gasteiger partial charge on any atom is -0.387 e. The topological polar surface area (TPSA) is 74.2 Å². The molecule has 8 heteroatoms. The monoisotopic (exact) mass is 241 g/mol. The molecule has 0 aliphatic heterocycles. The van der Waals surface area contributed by atoms with Gasteiger partial charge in [0.15, 0.2) is 0 Å². The molecule has 0 saturated heterocycles. The lowest BCUT2D eigenvalue weighted by Gasteiger charge is -2.12. The number of nitrogens with two attached hydrogens (primary N) is 2. The van der Waals surface area contributed by atoms with Crippen molar-refractivity contribution < 1.29 is 17.9 Å². The molecule has 0 fully saturated rings. The molecule has 0 saturated carbocycles. The molecule has 0 radical (unpaired) electrons. The van der Waals surface area contributed by atoms with Crippen molar-refractivity contribution in [3.05, 3.63) is 16.7 Å². The highest BCUT2D eigenvalue weighted by molar-refractivity contribution is 6.31. The number of rotatable bonds is 2. The maximum Gasteiger partial charge on any atom is 0.574 e. The number of alkyl halides is 3. The molecule has 4 N–H and O–H groups in total. The fourth-order valence-corrected chi connectivity index (χ4v) is 1.18. The number of hydrogen-bond acceptors (Lipinski definition) is 4. The molecule has 4 nitrogen and oxygen atoms in total. The first-order valence-electron chi connectivity index (χ1n) is 3.74. The maximum absolute atomic E-state index is 11.9. The first-order valence-corrected chi connectivity index (χ1v) is 4.12. The fraction of sp³-hybridized carbons (Fsp3) is 0.286. The van der Waals surface area contributed by atoms with Crippen LogP contribution in [0, 0.1) is 0 Å². The number of aromatic nitrogens is 1. The van der Waals surface area contributed by atoms with Crippen molar-refractivity contribution in [1.82, 2.24) is 4.98 Å². The van der Waals surface area contributed by atoms with Gasteiger partial charge in [-0.2, -0.15) is 4.98 Å². The van der Waals surface area contributed by atoms with E-state index in [-0.39, 0.29) is 22.9 Å². The van der Waals surface area contributed by atoms with Gasteiger partial charge in [0.25, 0.3) is 0 Å². The Bertz CT molecular complexity index is 369. The van der Waals surface area contributed by atoms with E-state index in [1.807, 2.05) is 0 Å². The van der Waals surface area contributed by atoms with Gasteiger partial charge in [0.2, 0.25) is 5.88 Å². The molecule has 1 heterocycles. The lowest BCUT2D eigenvalue weighted by Crippen LogP contribution is -2.20. The molecular weight excluding hydrogens is 235 g/mol. The molecule has 1 aromatic heterocycles. The number of anilines is 1. The van der Waals surface area contributed by atoms with Gasteiger partial charge in [0.05, 0.1) is 5.02 Å². The summed E-state index contributed by atoms with van der Waals surface area (Å²) in [5.41, 5.74) is 10.4. The Labute approximate surface area is 88.0 Å². The average molecular weight is 242 g/mol. The third-order valence-electron chi connectivity index (χ3n) is 1.47. The Balaban J connectivity index is 3.15. The van der Waals surface area contributed by atoms with Gasteiger partial charge in [0.1, 0.15) is 5.82 Å². The molecule has 1 rings (SSSR count). The lowest BCUT2D eigenvalue weighted by molar-refractivity contribution is -0.276. The number of nitrogen functional groups attached to an aromatic ring is 1. The minimum absolute atomic E-state index is 0.00995. The third kappa shape index (κ3) is 3.14. The summed E-state index contributed by atoms with van der Waals surface area (Å²) in [5.74, 6) is -0.883. The third-order valence-corrected chi connectivity index (χ3v) is 1.81. The number of pyridine rings is 1. The van der Waals surface area contributed by atoms with E-state index in [2.05, 4.69) is 9.72 Å². The van der Waals surface area contributed by atoms with E-state index in [9.17, 15) is 13.2 Å². The fourth-order valence-electron chi connectivity index (χ4n) is 0.915. The van der Waals surface area contributed by atoms with Crippen molar-refractivity contribution >= 4 is 17.4 Å². The molecule has 15 heavy (non-hydrogen) atoms. The smallest absolute Gasteiger partial charge is 0.387 e. The summed E-state index contributed by atoms with van der Waals surface area (Å²) in [5, 5.41) is -0.00995. The molecule has 84 valence electrons. The van der Waals surface area contributed by atoms with E-state index in [0.717, 1.165) is 0 Å². The van der Waals surface area contributed by atoms with E-state index in [1.54, 1.807) is 0 Å². The second kappa shape index (κ2) is 4.11. The van der Waals surface area contributed by atoms with Crippen LogP contribution in [0.25, 0.3) is 0 Å². The quantitative estimate of drug-likeness (QED) is 0.826. The van der Waals surface area contributed by atoms with Crippen LogP contribution in [0.5, 0.6) is 5.88 Å². The van der Waals surface area contributed by atoms with Gasteiger partial charge >= 0.3 is 6.36 Å². The van der Waals surface area contributed by atoms with Crippen LogP contribution in [0.2, 0.25) is 5.02 Å². The molecular formula is C7H7ClF3N3O. The standard InChI is InChI=1S/C7H7ClF3N3O/c8-4-1-5(13)14-6(3(4)2-12)15-7(9,10)11/h1H,2,12H2,(H2,13,14). The van der Waals surface area contributed by atoms with Gasteiger partial charge in [0, 0.05) is 12.1 Å². The van der Waals surface area contributed by atoms with Gasteiger partial charge in [-0.15, -0.1) is 13.2 Å². The molecule has 0 bridgehead atoms. The van der Waals surface area contributed by atoms with Gasteiger partial charge in [-0.05, 0) is 6.07 Å². The zero-order valence-corrected chi connectivity index (χ0v) is 8.06. The normalized spacial score (nSPS) is 11.5. The van der Waals surface area contributed by atoms with Crippen molar-refractivity contribution in [1.29, 1.82) is 0 Å². The Hall–Kier alpha value is -1.21. The predicted octanol–water partition coefficient (Wildman–Crippen LogP) is 1.67. The van der Waals surface area contributed by atoms with E-state index >= 15 is 0 Å². The second-order valence-electron chi connectivity index (χ2n) is 2.56. The molecule has 0 aromatic carbocycles. The molecule has 0 unspecified atom stereocenters. The van der Waals surface area contributed by atoms with Gasteiger partial charge in [-0.3, -0.25) is 0 Å². The molecule has 0 aliphatic carbocycles. The molecule has 1 aromatic rings. The largest absolute Gasteiger partial charge is 0.574 e. The van der Waals surface area contributed by atoms with E-state index in [4.69, 9.17) is 23.1 Å². The Morgan fingerprint density at radius 1 is 1.47 bits per heavy atom. The Morgan fingerprint density at radius 3 is 2.53 bits per heavy atom. The van der Waals surface area contributed by atoms with Crippen molar-refractivity contribution in [3.8, 4) is 5.88 Å². The van der Waals surface area contributed by atoms with Crippen LogP contribution in [-0.4, -0.2) is 11.3 Å². The highest BCUT2D eigenvalue weighted by atomic mass is 35.5. The highest BCUT2D eigenvalue weighted by Crippen LogP contribution is 2.30. The van der Waals surface area contributed by atoms with Crippen molar-refractivity contribution in [2.75, 3.05) is 5.73 Å². The van der Waals surface area contributed by atoms with Crippen molar-refractivity contribution in [3.63, 3.8) is 0 Å². The Kier molecular flexibility index (Phi) is 3.25.